The van der Waals surface area contributed by atoms with E-state index >= 15 is 0 Å². The smallest absolute Gasteiger partial charge is 0.340 e. The molecule has 0 atom stereocenters. The molecule has 2 aromatic carbocycles. The highest BCUT2D eigenvalue weighted by Crippen LogP contribution is 2.20. The van der Waals surface area contributed by atoms with Crippen molar-refractivity contribution < 1.29 is 27.8 Å². The van der Waals surface area contributed by atoms with Gasteiger partial charge in [0.25, 0.3) is 0 Å². The number of isothiocyanates is 1. The highest BCUT2D eigenvalue weighted by atomic mass is 32.1. The zero-order chi connectivity index (χ0) is 19.7. The Morgan fingerprint density at radius 3 is 2.00 bits per heavy atom. The van der Waals surface area contributed by atoms with E-state index in [9.17, 15) is 18.4 Å². The van der Waals surface area contributed by atoms with Gasteiger partial charge in [-0.3, -0.25) is 0 Å². The molecule has 136 valence electrons. The van der Waals surface area contributed by atoms with Crippen molar-refractivity contribution in [1.29, 1.82) is 0 Å². The van der Waals surface area contributed by atoms with Gasteiger partial charge in [0.2, 0.25) is 0 Å². The first-order chi connectivity index (χ1) is 12.3. The molecule has 26 heavy (non-hydrogen) atoms. The van der Waals surface area contributed by atoms with E-state index in [1.54, 1.807) is 0 Å². The number of aliphatic imine (C=N–C) groups is 1. The van der Waals surface area contributed by atoms with Crippen LogP contribution in [-0.2, 0) is 9.47 Å². The molecule has 0 unspecified atom stereocenters. The van der Waals surface area contributed by atoms with Gasteiger partial charge in [-0.05, 0) is 42.5 Å². The molecule has 2 rings (SSSR count). The van der Waals surface area contributed by atoms with E-state index < -0.39 is 23.6 Å². The Bertz CT molecular complexity index is 868. The molecule has 0 aliphatic rings. The summed E-state index contributed by atoms with van der Waals surface area (Å²) in [5.74, 6) is -2.12. The Balaban J connectivity index is 0.000000263. The number of rotatable bonds is 3. The molecule has 0 aliphatic carbocycles. The van der Waals surface area contributed by atoms with Gasteiger partial charge >= 0.3 is 11.9 Å². The quantitative estimate of drug-likeness (QED) is 0.379. The standard InChI is InChI=1S/C9H6FNO2S.C8H8FNO2/c1-13-9(12)7-3-2-6(10)4-8(7)11-5-14;1-12-8(11)6-3-2-5(9)4-7(6)10/h2-4H,1H3;2-4H,10H2,1H3. The largest absolute Gasteiger partial charge is 0.465 e. The second-order valence-corrected chi connectivity index (χ2v) is 4.76. The lowest BCUT2D eigenvalue weighted by molar-refractivity contribution is 0.0592. The average Bonchev–Trinajstić information content (AvgIpc) is 2.61. The van der Waals surface area contributed by atoms with Crippen LogP contribution in [0.3, 0.4) is 0 Å². The number of anilines is 1. The van der Waals surface area contributed by atoms with Crippen molar-refractivity contribution in [3.63, 3.8) is 0 Å². The van der Waals surface area contributed by atoms with Gasteiger partial charge in [-0.1, -0.05) is 0 Å². The lowest BCUT2D eigenvalue weighted by Gasteiger charge is -2.02. The Morgan fingerprint density at radius 2 is 1.50 bits per heavy atom. The van der Waals surface area contributed by atoms with Crippen LogP contribution < -0.4 is 5.73 Å². The van der Waals surface area contributed by atoms with E-state index in [1.807, 2.05) is 0 Å². The fourth-order valence-electron chi connectivity index (χ4n) is 1.76. The molecule has 0 heterocycles. The summed E-state index contributed by atoms with van der Waals surface area (Å²) in [4.78, 5) is 25.6. The SMILES string of the molecule is COC(=O)c1ccc(F)cc1N.COC(=O)c1ccc(F)cc1N=C=S. The molecule has 2 aromatic rings. The lowest BCUT2D eigenvalue weighted by atomic mass is 10.2. The van der Waals surface area contributed by atoms with Crippen molar-refractivity contribution >= 4 is 40.7 Å². The van der Waals surface area contributed by atoms with Crippen LogP contribution in [0, 0.1) is 11.6 Å². The Labute approximate surface area is 153 Å². The van der Waals surface area contributed by atoms with Gasteiger partial charge in [0.1, 0.15) is 11.6 Å². The molecule has 6 nitrogen and oxygen atoms in total. The molecule has 2 N–H and O–H groups in total. The number of halogens is 2. The summed E-state index contributed by atoms with van der Waals surface area (Å²) >= 11 is 4.37. The van der Waals surface area contributed by atoms with Gasteiger partial charge in [0.15, 0.2) is 0 Å². The third-order valence-corrected chi connectivity index (χ3v) is 3.04. The van der Waals surface area contributed by atoms with Crippen molar-refractivity contribution in [3.05, 3.63) is 59.2 Å². The highest BCUT2D eigenvalue weighted by molar-refractivity contribution is 7.78. The van der Waals surface area contributed by atoms with E-state index in [0.29, 0.717) is 0 Å². The van der Waals surface area contributed by atoms with Crippen molar-refractivity contribution in [1.82, 2.24) is 0 Å². The number of esters is 2. The van der Waals surface area contributed by atoms with Crippen LogP contribution in [0.4, 0.5) is 20.2 Å². The molecular formula is C17H14F2N2O4S. The summed E-state index contributed by atoms with van der Waals surface area (Å²) in [5.41, 5.74) is 5.90. The zero-order valence-corrected chi connectivity index (χ0v) is 14.6. The van der Waals surface area contributed by atoms with Gasteiger partial charge in [0.05, 0.1) is 36.2 Å². The molecule has 0 saturated carbocycles. The number of ether oxygens (including phenoxy) is 2. The minimum atomic E-state index is -0.589. The van der Waals surface area contributed by atoms with E-state index in [1.165, 1.54) is 26.4 Å². The van der Waals surface area contributed by atoms with E-state index in [4.69, 9.17) is 5.73 Å². The van der Waals surface area contributed by atoms with Gasteiger partial charge in [-0.15, -0.1) is 0 Å². The molecule has 9 heteroatoms. The van der Waals surface area contributed by atoms with Crippen LogP contribution in [0.25, 0.3) is 0 Å². The van der Waals surface area contributed by atoms with Crippen LogP contribution in [0.2, 0.25) is 0 Å². The van der Waals surface area contributed by atoms with Crippen molar-refractivity contribution in [2.24, 2.45) is 4.99 Å². The number of hydrogen-bond donors (Lipinski definition) is 1. The molecule has 0 spiro atoms. The van der Waals surface area contributed by atoms with Crippen LogP contribution >= 0.6 is 12.2 Å². The summed E-state index contributed by atoms with van der Waals surface area (Å²) in [6.07, 6.45) is 0. The molecule has 0 bridgehead atoms. The first kappa shape index (κ1) is 20.9. The Morgan fingerprint density at radius 1 is 1.00 bits per heavy atom. The highest BCUT2D eigenvalue weighted by Gasteiger charge is 2.11. The maximum absolute atomic E-state index is 12.8. The predicted molar refractivity (Wildman–Crippen MR) is 94.6 cm³/mol. The molecule has 0 amide bonds. The number of thiocarbonyl (C=S) groups is 1. The number of hydrogen-bond acceptors (Lipinski definition) is 7. The molecule has 0 fully saturated rings. The summed E-state index contributed by atoms with van der Waals surface area (Å²) in [7, 11) is 2.47. The van der Waals surface area contributed by atoms with Crippen LogP contribution in [0.1, 0.15) is 20.7 Å². The molecule has 0 aromatic heterocycles. The number of carbonyl (C=O) groups is 2. The first-order valence-electron chi connectivity index (χ1n) is 6.93. The third-order valence-electron chi connectivity index (χ3n) is 2.95. The molecular weight excluding hydrogens is 366 g/mol. The van der Waals surface area contributed by atoms with E-state index in [2.05, 4.69) is 31.8 Å². The predicted octanol–water partition coefficient (Wildman–Crippen LogP) is 3.54. The summed E-state index contributed by atoms with van der Waals surface area (Å²) < 4.78 is 34.1. The fourth-order valence-corrected chi connectivity index (χ4v) is 1.86. The zero-order valence-electron chi connectivity index (χ0n) is 13.8. The third kappa shape index (κ3) is 5.73. The summed E-state index contributed by atoms with van der Waals surface area (Å²) in [6.45, 7) is 0. The van der Waals surface area contributed by atoms with Gasteiger partial charge in [0, 0.05) is 11.8 Å². The van der Waals surface area contributed by atoms with E-state index in [-0.39, 0.29) is 22.5 Å². The second kappa shape index (κ2) is 9.97. The average molecular weight is 380 g/mol. The van der Waals surface area contributed by atoms with Crippen molar-refractivity contribution in [3.8, 4) is 0 Å². The topological polar surface area (TPSA) is 91.0 Å². The maximum atomic E-state index is 12.8. The van der Waals surface area contributed by atoms with Crippen molar-refractivity contribution in [2.75, 3.05) is 20.0 Å². The number of nitrogens with two attached hydrogens (primary N) is 1. The van der Waals surface area contributed by atoms with E-state index in [0.717, 1.165) is 24.3 Å². The van der Waals surface area contributed by atoms with Crippen LogP contribution in [0.15, 0.2) is 41.4 Å². The number of benzene rings is 2. The number of carbonyl (C=O) groups excluding carboxylic acids is 2. The van der Waals surface area contributed by atoms with Crippen LogP contribution in [0.5, 0.6) is 0 Å². The maximum Gasteiger partial charge on any atom is 0.340 e. The van der Waals surface area contributed by atoms with Crippen LogP contribution in [-0.4, -0.2) is 31.3 Å². The second-order valence-electron chi connectivity index (χ2n) is 4.58. The molecule has 0 aliphatic heterocycles. The Kier molecular flexibility index (Phi) is 8.01. The minimum absolute atomic E-state index is 0.0850. The summed E-state index contributed by atoms with van der Waals surface area (Å²) in [5, 5.41) is 2.06. The van der Waals surface area contributed by atoms with Gasteiger partial charge in [-0.2, -0.15) is 4.99 Å². The lowest BCUT2D eigenvalue weighted by Crippen LogP contribution is -2.05. The summed E-state index contributed by atoms with van der Waals surface area (Å²) in [6, 6.07) is 7.04. The first-order valence-corrected chi connectivity index (χ1v) is 7.34. The number of nitrogen functional groups attached to an aromatic ring is 1. The molecule has 0 saturated heterocycles. The minimum Gasteiger partial charge on any atom is -0.465 e. The molecule has 0 radical (unpaired) electrons. The number of nitrogens with zero attached hydrogens (tertiary/aromatic N) is 1. The monoisotopic (exact) mass is 380 g/mol. The normalized spacial score (nSPS) is 9.23. The number of methoxy groups -OCH3 is 2. The Hall–Kier alpha value is -3.16. The van der Waals surface area contributed by atoms with Crippen molar-refractivity contribution in [2.45, 2.75) is 0 Å². The van der Waals surface area contributed by atoms with Gasteiger partial charge in [-0.25, -0.2) is 18.4 Å². The fraction of sp³-hybridized carbons (Fsp3) is 0.118. The van der Waals surface area contributed by atoms with Gasteiger partial charge < -0.3 is 15.2 Å².